The van der Waals surface area contributed by atoms with Gasteiger partial charge in [0.25, 0.3) is 0 Å². The van der Waals surface area contributed by atoms with Gasteiger partial charge in [-0.15, -0.1) is 0 Å². The largest absolute Gasteiger partial charge is 0.497 e. The van der Waals surface area contributed by atoms with E-state index in [1.165, 1.54) is 11.1 Å². The molecule has 4 rings (SSSR count). The van der Waals surface area contributed by atoms with Crippen molar-refractivity contribution in [2.24, 2.45) is 11.3 Å². The molecule has 1 aromatic heterocycles. The van der Waals surface area contributed by atoms with Crippen molar-refractivity contribution in [2.75, 3.05) is 13.7 Å². The number of rotatable bonds is 9. The average Bonchev–Trinajstić information content (AvgIpc) is 3.49. The molecule has 1 aliphatic carbocycles. The molecule has 2 aromatic rings. The van der Waals surface area contributed by atoms with E-state index in [9.17, 15) is 24.3 Å². The highest BCUT2D eigenvalue weighted by Crippen LogP contribution is 2.46. The van der Waals surface area contributed by atoms with Gasteiger partial charge in [0.2, 0.25) is 11.8 Å². The Morgan fingerprint density at radius 1 is 1.16 bits per heavy atom. The van der Waals surface area contributed by atoms with Crippen LogP contribution in [-0.4, -0.2) is 87.1 Å². The van der Waals surface area contributed by atoms with Gasteiger partial charge < -0.3 is 34.9 Å². The van der Waals surface area contributed by atoms with Crippen molar-refractivity contribution in [1.29, 1.82) is 0 Å². The number of likely N-dealkylation sites (tertiary alicyclic amines) is 1. The number of nitrogens with zero attached hydrogens (tertiary/aromatic N) is 3. The maximum atomic E-state index is 14.2. The van der Waals surface area contributed by atoms with Crippen LogP contribution in [0.3, 0.4) is 0 Å². The van der Waals surface area contributed by atoms with Gasteiger partial charge in [-0.05, 0) is 50.7 Å². The zero-order valence-electron chi connectivity index (χ0n) is 26.6. The maximum Gasteiger partial charge on any atom is 0.408 e. The van der Waals surface area contributed by atoms with E-state index in [-0.39, 0.29) is 18.9 Å². The fraction of sp³-hybridized carbons (Fsp3) is 0.613. The van der Waals surface area contributed by atoms with Crippen molar-refractivity contribution in [2.45, 2.75) is 97.1 Å². The highest BCUT2D eigenvalue weighted by Gasteiger charge is 2.61. The van der Waals surface area contributed by atoms with Crippen LogP contribution in [-0.2, 0) is 19.1 Å². The number of alkyl carbamates (subject to hydrolysis) is 1. The first-order valence-corrected chi connectivity index (χ1v) is 14.8. The number of aliphatic carboxylic acids is 1. The van der Waals surface area contributed by atoms with Crippen molar-refractivity contribution < 1.29 is 38.5 Å². The predicted octanol–water partition coefficient (Wildman–Crippen LogP) is 3.30. The number of nitrogens with one attached hydrogen (secondary N) is 2. The molecule has 2 heterocycles. The van der Waals surface area contributed by atoms with Gasteiger partial charge in [0.15, 0.2) is 0 Å². The molecule has 240 valence electrons. The Labute approximate surface area is 257 Å². The standard InChI is InChI=1S/C31H43N5O8/c1-9-17-14-31(17,27(39)40)34-25(37)22-13-19(43-23-15-32-35-21-12-18(42-8)10-11-20(21)23)16-36(22)26(38)24(29(2,3)4)33-28(41)44-30(5,6)7/h10-12,15,17,19,22,24H,9,13-14,16H2,1-8H3,(H,33,41)(H,34,37)(H,39,40)/t17-,19-,22+,24-,31-/m1/s1. The predicted molar refractivity (Wildman–Crippen MR) is 160 cm³/mol. The van der Waals surface area contributed by atoms with Crippen LogP contribution in [0.15, 0.2) is 24.4 Å². The molecule has 2 aliphatic rings. The summed E-state index contributed by atoms with van der Waals surface area (Å²) in [4.78, 5) is 54.3. The first-order chi connectivity index (χ1) is 20.5. The van der Waals surface area contributed by atoms with Crippen molar-refractivity contribution >= 4 is 34.8 Å². The van der Waals surface area contributed by atoms with Gasteiger partial charge in [0.1, 0.15) is 46.3 Å². The van der Waals surface area contributed by atoms with E-state index in [1.807, 2.05) is 6.92 Å². The van der Waals surface area contributed by atoms with Crippen LogP contribution in [0, 0.1) is 11.3 Å². The zero-order valence-corrected chi connectivity index (χ0v) is 26.6. The molecular weight excluding hydrogens is 570 g/mol. The minimum absolute atomic E-state index is 0.0107. The second-order valence-electron chi connectivity index (χ2n) is 13.6. The Balaban J connectivity index is 1.64. The van der Waals surface area contributed by atoms with E-state index in [4.69, 9.17) is 14.2 Å². The molecule has 0 unspecified atom stereocenters. The van der Waals surface area contributed by atoms with Crippen molar-refractivity contribution in [3.8, 4) is 11.5 Å². The van der Waals surface area contributed by atoms with Crippen LogP contribution in [0.1, 0.15) is 67.7 Å². The van der Waals surface area contributed by atoms with Crippen molar-refractivity contribution in [1.82, 2.24) is 25.7 Å². The molecule has 0 bridgehead atoms. The van der Waals surface area contributed by atoms with E-state index < -0.39 is 58.6 Å². The first kappa shape index (κ1) is 32.7. The summed E-state index contributed by atoms with van der Waals surface area (Å²) in [5.41, 5.74) is -2.38. The molecule has 2 fully saturated rings. The SMILES string of the molecule is CC[C@@H]1C[C@]1(NC(=O)[C@@H]1C[C@@H](Oc2cnnc3cc(OC)ccc23)CN1C(=O)[C@@H](NC(=O)OC(C)(C)C)C(C)(C)C)C(=O)O. The molecule has 44 heavy (non-hydrogen) atoms. The normalized spacial score (nSPS) is 23.9. The molecular formula is C31H43N5O8. The number of carbonyl (C=O) groups excluding carboxylic acids is 3. The van der Waals surface area contributed by atoms with Gasteiger partial charge in [0.05, 0.1) is 19.9 Å². The minimum Gasteiger partial charge on any atom is -0.497 e. The Hall–Kier alpha value is -4.16. The Bertz CT molecular complexity index is 1430. The summed E-state index contributed by atoms with van der Waals surface area (Å²) >= 11 is 0. The third-order valence-electron chi connectivity index (χ3n) is 8.05. The quantitative estimate of drug-likeness (QED) is 0.381. The van der Waals surface area contributed by atoms with Crippen LogP contribution in [0.2, 0.25) is 0 Å². The van der Waals surface area contributed by atoms with E-state index in [0.29, 0.717) is 35.2 Å². The van der Waals surface area contributed by atoms with Gasteiger partial charge in [-0.25, -0.2) is 9.59 Å². The molecule has 5 atom stereocenters. The number of amides is 3. The minimum atomic E-state index is -1.37. The summed E-state index contributed by atoms with van der Waals surface area (Å²) < 4.78 is 17.0. The number of carboxylic acids is 1. The molecule has 13 heteroatoms. The number of aromatic nitrogens is 2. The second kappa shape index (κ2) is 12.1. The van der Waals surface area contributed by atoms with Crippen LogP contribution in [0.4, 0.5) is 4.79 Å². The fourth-order valence-corrected chi connectivity index (χ4v) is 5.63. The molecule has 0 spiro atoms. The number of benzene rings is 1. The van der Waals surface area contributed by atoms with Gasteiger partial charge in [-0.2, -0.15) is 10.2 Å². The van der Waals surface area contributed by atoms with Gasteiger partial charge >= 0.3 is 12.1 Å². The van der Waals surface area contributed by atoms with Crippen molar-refractivity contribution in [3.63, 3.8) is 0 Å². The molecule has 0 radical (unpaired) electrons. The monoisotopic (exact) mass is 613 g/mol. The summed E-state index contributed by atoms with van der Waals surface area (Å²) in [6, 6.07) is 3.17. The second-order valence-corrected chi connectivity index (χ2v) is 13.6. The van der Waals surface area contributed by atoms with Crippen LogP contribution < -0.4 is 20.1 Å². The Morgan fingerprint density at radius 3 is 2.43 bits per heavy atom. The number of hydrogen-bond donors (Lipinski definition) is 3. The van der Waals surface area contributed by atoms with Crippen LogP contribution >= 0.6 is 0 Å². The third-order valence-corrected chi connectivity index (χ3v) is 8.05. The lowest BCUT2D eigenvalue weighted by molar-refractivity contribution is -0.146. The van der Waals surface area contributed by atoms with Crippen LogP contribution in [0.5, 0.6) is 11.5 Å². The van der Waals surface area contributed by atoms with Gasteiger partial charge in [-0.1, -0.05) is 34.1 Å². The lowest BCUT2D eigenvalue weighted by atomic mass is 9.85. The van der Waals surface area contributed by atoms with E-state index >= 15 is 0 Å². The number of methoxy groups -OCH3 is 1. The summed E-state index contributed by atoms with van der Waals surface area (Å²) in [6.07, 6.45) is 1.04. The van der Waals surface area contributed by atoms with E-state index in [1.54, 1.807) is 66.9 Å². The fourth-order valence-electron chi connectivity index (χ4n) is 5.63. The van der Waals surface area contributed by atoms with Gasteiger partial charge in [0, 0.05) is 17.9 Å². The number of fused-ring (bicyclic) bond motifs is 1. The topological polar surface area (TPSA) is 169 Å². The van der Waals surface area contributed by atoms with Crippen molar-refractivity contribution in [3.05, 3.63) is 24.4 Å². The molecule has 3 amide bonds. The Kier molecular flexibility index (Phi) is 8.99. The maximum absolute atomic E-state index is 14.2. The van der Waals surface area contributed by atoms with E-state index in [0.717, 1.165) is 0 Å². The summed E-state index contributed by atoms with van der Waals surface area (Å²) in [5, 5.41) is 24.2. The smallest absolute Gasteiger partial charge is 0.408 e. The molecule has 1 saturated heterocycles. The number of ether oxygens (including phenoxy) is 3. The lowest BCUT2D eigenvalue weighted by Crippen LogP contribution is -2.59. The molecule has 3 N–H and O–H groups in total. The highest BCUT2D eigenvalue weighted by atomic mass is 16.6. The van der Waals surface area contributed by atoms with E-state index in [2.05, 4.69) is 20.8 Å². The van der Waals surface area contributed by atoms with Crippen LogP contribution in [0.25, 0.3) is 10.9 Å². The lowest BCUT2D eigenvalue weighted by Gasteiger charge is -2.35. The zero-order chi connectivity index (χ0) is 32.6. The summed E-state index contributed by atoms with van der Waals surface area (Å²) in [7, 11) is 1.55. The Morgan fingerprint density at radius 2 is 1.86 bits per heavy atom. The van der Waals surface area contributed by atoms with Gasteiger partial charge in [-0.3, -0.25) is 9.59 Å². The third kappa shape index (κ3) is 6.97. The number of carboxylic acid groups (broad SMARTS) is 1. The molecule has 1 aliphatic heterocycles. The number of carbonyl (C=O) groups is 4. The summed E-state index contributed by atoms with van der Waals surface area (Å²) in [6.45, 7) is 12.4. The summed E-state index contributed by atoms with van der Waals surface area (Å²) in [5.74, 6) is -1.40. The number of hydrogen-bond acceptors (Lipinski definition) is 9. The average molecular weight is 614 g/mol. The molecule has 13 nitrogen and oxygen atoms in total. The highest BCUT2D eigenvalue weighted by molar-refractivity contribution is 5.96. The molecule has 1 aromatic carbocycles. The first-order valence-electron chi connectivity index (χ1n) is 14.8. The molecule has 1 saturated carbocycles.